The summed E-state index contributed by atoms with van der Waals surface area (Å²) >= 11 is 0. The van der Waals surface area contributed by atoms with Crippen molar-refractivity contribution in [2.75, 3.05) is 0 Å². The second kappa shape index (κ2) is 5.12. The van der Waals surface area contributed by atoms with Gasteiger partial charge in [-0.05, 0) is 31.0 Å². The number of rotatable bonds is 0. The lowest BCUT2D eigenvalue weighted by Gasteiger charge is -1.99. The van der Waals surface area contributed by atoms with Crippen LogP contribution in [0, 0.1) is 13.8 Å². The zero-order valence-corrected chi connectivity index (χ0v) is 8.77. The van der Waals surface area contributed by atoms with Crippen LogP contribution in [0.5, 0.6) is 5.75 Å². The number of benzene rings is 1. The van der Waals surface area contributed by atoms with Crippen molar-refractivity contribution in [3.8, 4) is 5.75 Å². The normalized spacial score (nSPS) is 10.4. The molecule has 0 radical (unpaired) electrons. The third kappa shape index (κ3) is 6.62. The number of phosphoric acid groups is 1. The molecule has 1 rings (SSSR count). The van der Waals surface area contributed by atoms with Crippen LogP contribution in [0.1, 0.15) is 11.1 Å². The minimum Gasteiger partial charge on any atom is -0.508 e. The monoisotopic (exact) mass is 220 g/mol. The average Bonchev–Trinajstić information content (AvgIpc) is 1.97. The number of hydrogen-bond donors (Lipinski definition) is 4. The van der Waals surface area contributed by atoms with E-state index in [1.165, 1.54) is 0 Å². The van der Waals surface area contributed by atoms with E-state index >= 15 is 0 Å². The Balaban J connectivity index is 0.000000292. The lowest BCUT2D eigenvalue weighted by molar-refractivity contribution is 0.275. The van der Waals surface area contributed by atoms with Crippen molar-refractivity contribution in [1.82, 2.24) is 0 Å². The van der Waals surface area contributed by atoms with Crippen molar-refractivity contribution in [3.05, 3.63) is 29.3 Å². The van der Waals surface area contributed by atoms with Gasteiger partial charge < -0.3 is 19.8 Å². The summed E-state index contributed by atoms with van der Waals surface area (Å²) < 4.78 is 8.88. The van der Waals surface area contributed by atoms with Crippen LogP contribution < -0.4 is 0 Å². The lowest BCUT2D eigenvalue weighted by Crippen LogP contribution is -1.78. The van der Waals surface area contributed by atoms with Gasteiger partial charge in [-0.15, -0.1) is 0 Å². The molecule has 80 valence electrons. The smallest absolute Gasteiger partial charge is 0.466 e. The SMILES string of the molecule is Cc1cccc(O)c1C.O=P(O)(O)O. The number of phenolic OH excluding ortho intramolecular Hbond substituents is 1. The van der Waals surface area contributed by atoms with Crippen molar-refractivity contribution in [2.24, 2.45) is 0 Å². The van der Waals surface area contributed by atoms with Gasteiger partial charge in [0.05, 0.1) is 0 Å². The Morgan fingerprint density at radius 1 is 1.14 bits per heavy atom. The average molecular weight is 220 g/mol. The van der Waals surface area contributed by atoms with Crippen LogP contribution in [-0.4, -0.2) is 19.8 Å². The molecule has 14 heavy (non-hydrogen) atoms. The molecule has 0 unspecified atom stereocenters. The zero-order chi connectivity index (χ0) is 11.4. The van der Waals surface area contributed by atoms with Crippen molar-refractivity contribution in [3.63, 3.8) is 0 Å². The maximum atomic E-state index is 9.10. The van der Waals surface area contributed by atoms with Crippen LogP contribution in [0.25, 0.3) is 0 Å². The number of aromatic hydroxyl groups is 1. The number of hydrogen-bond acceptors (Lipinski definition) is 2. The van der Waals surface area contributed by atoms with E-state index in [9.17, 15) is 0 Å². The van der Waals surface area contributed by atoms with Crippen LogP contribution in [0.3, 0.4) is 0 Å². The van der Waals surface area contributed by atoms with E-state index in [4.69, 9.17) is 24.4 Å². The maximum absolute atomic E-state index is 9.10. The Bertz CT molecular complexity index is 315. The number of aryl methyl sites for hydroxylation is 1. The molecule has 0 bridgehead atoms. The Kier molecular flexibility index (Phi) is 4.80. The van der Waals surface area contributed by atoms with Gasteiger partial charge in [0.2, 0.25) is 0 Å². The molecule has 1 aromatic carbocycles. The molecule has 0 aliphatic heterocycles. The van der Waals surface area contributed by atoms with Gasteiger partial charge in [0.1, 0.15) is 5.75 Å². The molecule has 0 amide bonds. The minimum atomic E-state index is -4.64. The summed E-state index contributed by atoms with van der Waals surface area (Å²) in [5.74, 6) is 0.384. The summed E-state index contributed by atoms with van der Waals surface area (Å²) in [5.41, 5.74) is 2.10. The topological polar surface area (TPSA) is 98.0 Å². The first-order valence-electron chi connectivity index (χ1n) is 3.75. The fourth-order valence-corrected chi connectivity index (χ4v) is 0.736. The van der Waals surface area contributed by atoms with Gasteiger partial charge in [-0.2, -0.15) is 0 Å². The Labute approximate surface area is 81.9 Å². The molecule has 0 fully saturated rings. The van der Waals surface area contributed by atoms with E-state index in [1.807, 2.05) is 26.0 Å². The van der Waals surface area contributed by atoms with Crippen LogP contribution in [0.15, 0.2) is 18.2 Å². The van der Waals surface area contributed by atoms with Crippen LogP contribution >= 0.6 is 7.82 Å². The molecule has 0 aliphatic rings. The minimum absolute atomic E-state index is 0.384. The highest BCUT2D eigenvalue weighted by molar-refractivity contribution is 7.45. The Morgan fingerprint density at radius 2 is 1.57 bits per heavy atom. The first-order chi connectivity index (χ1) is 6.22. The largest absolute Gasteiger partial charge is 0.508 e. The van der Waals surface area contributed by atoms with Gasteiger partial charge in [-0.3, -0.25) is 0 Å². The fourth-order valence-electron chi connectivity index (χ4n) is 0.736. The predicted octanol–water partition coefficient (Wildman–Crippen LogP) is 1.08. The third-order valence-corrected chi connectivity index (χ3v) is 1.58. The Hall–Kier alpha value is -0.870. The second-order valence-corrected chi connectivity index (χ2v) is 3.76. The summed E-state index contributed by atoms with van der Waals surface area (Å²) in [5, 5.41) is 9.10. The molecule has 0 saturated carbocycles. The van der Waals surface area contributed by atoms with Crippen LogP contribution in [0.2, 0.25) is 0 Å². The molecule has 0 aromatic heterocycles. The molecule has 5 nitrogen and oxygen atoms in total. The standard InChI is InChI=1S/C8H10O.H3O4P/c1-6-4-3-5-8(9)7(6)2;1-5(2,3)4/h3-5,9H,1-2H3;(H3,1,2,3,4). The summed E-state index contributed by atoms with van der Waals surface area (Å²) in [6, 6.07) is 5.52. The quantitative estimate of drug-likeness (QED) is 0.490. The first kappa shape index (κ1) is 13.1. The maximum Gasteiger partial charge on any atom is 0.466 e. The van der Waals surface area contributed by atoms with E-state index in [2.05, 4.69) is 0 Å². The summed E-state index contributed by atoms with van der Waals surface area (Å²) in [4.78, 5) is 21.6. The molecule has 0 spiro atoms. The van der Waals surface area contributed by atoms with E-state index in [-0.39, 0.29) is 0 Å². The van der Waals surface area contributed by atoms with Gasteiger partial charge in [0, 0.05) is 0 Å². The van der Waals surface area contributed by atoms with Crippen molar-refractivity contribution in [2.45, 2.75) is 13.8 Å². The van der Waals surface area contributed by atoms with Gasteiger partial charge in [0.25, 0.3) is 0 Å². The third-order valence-electron chi connectivity index (χ3n) is 1.58. The molecule has 0 heterocycles. The summed E-state index contributed by atoms with van der Waals surface area (Å²) in [7, 11) is -4.64. The van der Waals surface area contributed by atoms with E-state index in [1.54, 1.807) is 6.07 Å². The van der Waals surface area contributed by atoms with Crippen LogP contribution in [0.4, 0.5) is 0 Å². The van der Waals surface area contributed by atoms with Gasteiger partial charge in [-0.25, -0.2) is 4.57 Å². The van der Waals surface area contributed by atoms with Gasteiger partial charge in [-0.1, -0.05) is 12.1 Å². The second-order valence-electron chi connectivity index (χ2n) is 2.73. The van der Waals surface area contributed by atoms with E-state index in [0.717, 1.165) is 11.1 Å². The Morgan fingerprint density at radius 3 is 1.86 bits per heavy atom. The highest BCUT2D eigenvalue weighted by Gasteiger charge is 2.00. The van der Waals surface area contributed by atoms with Gasteiger partial charge >= 0.3 is 7.82 Å². The summed E-state index contributed by atoms with van der Waals surface area (Å²) in [6.07, 6.45) is 0. The highest BCUT2D eigenvalue weighted by Crippen LogP contribution is 2.25. The van der Waals surface area contributed by atoms with Crippen molar-refractivity contribution < 1.29 is 24.4 Å². The molecule has 4 N–H and O–H groups in total. The highest BCUT2D eigenvalue weighted by atomic mass is 31.2. The van der Waals surface area contributed by atoms with Crippen LogP contribution in [-0.2, 0) is 4.57 Å². The van der Waals surface area contributed by atoms with E-state index in [0.29, 0.717) is 5.75 Å². The van der Waals surface area contributed by atoms with Crippen molar-refractivity contribution >= 4 is 7.82 Å². The molecular weight excluding hydrogens is 207 g/mol. The predicted molar refractivity (Wildman–Crippen MR) is 51.8 cm³/mol. The molecule has 1 aromatic rings. The molecular formula is C8H13O5P. The molecule has 0 aliphatic carbocycles. The molecule has 0 saturated heterocycles. The number of phenols is 1. The zero-order valence-electron chi connectivity index (χ0n) is 7.88. The molecule has 6 heteroatoms. The molecule has 0 atom stereocenters. The van der Waals surface area contributed by atoms with E-state index < -0.39 is 7.82 Å². The summed E-state index contributed by atoms with van der Waals surface area (Å²) in [6.45, 7) is 3.89. The fraction of sp³-hybridized carbons (Fsp3) is 0.250. The first-order valence-corrected chi connectivity index (χ1v) is 5.32. The lowest BCUT2D eigenvalue weighted by atomic mass is 10.1. The van der Waals surface area contributed by atoms with Gasteiger partial charge in [0.15, 0.2) is 0 Å². The van der Waals surface area contributed by atoms with Crippen molar-refractivity contribution in [1.29, 1.82) is 0 Å².